The van der Waals surface area contributed by atoms with E-state index in [0.29, 0.717) is 30.6 Å². The van der Waals surface area contributed by atoms with Crippen LogP contribution < -0.4 is 22.8 Å². The fourth-order valence-corrected chi connectivity index (χ4v) is 3.15. The summed E-state index contributed by atoms with van der Waals surface area (Å²) in [6.07, 6.45) is 6.74. The van der Waals surface area contributed by atoms with Crippen LogP contribution in [0.3, 0.4) is 0 Å². The Labute approximate surface area is 158 Å². The number of aromatic amines is 1. The maximum absolute atomic E-state index is 12.0. The number of nitrogens with one attached hydrogen (secondary N) is 1. The van der Waals surface area contributed by atoms with Crippen LogP contribution in [0.4, 0.5) is 0 Å². The fourth-order valence-electron chi connectivity index (χ4n) is 3.15. The number of aryl methyl sites for hydroxylation is 1. The van der Waals surface area contributed by atoms with Crippen molar-refractivity contribution in [3.63, 3.8) is 0 Å². The third-order valence-electron chi connectivity index (χ3n) is 4.74. The van der Waals surface area contributed by atoms with Gasteiger partial charge in [0.25, 0.3) is 5.56 Å². The van der Waals surface area contributed by atoms with Crippen LogP contribution in [0.25, 0.3) is 0 Å². The summed E-state index contributed by atoms with van der Waals surface area (Å²) >= 11 is 0. The molecule has 2 heterocycles. The number of aliphatic hydroxyl groups is 1. The SMILES string of the molecule is CCCCCC(O)/C(N)=C/N(N)CC1CCC(n2cc(C)c(=O)[nH]c2=O)O1. The molecule has 3 unspecified atom stereocenters. The normalized spacial score (nSPS) is 21.4. The highest BCUT2D eigenvalue weighted by Crippen LogP contribution is 2.27. The molecule has 0 saturated carbocycles. The van der Waals surface area contributed by atoms with Gasteiger partial charge in [-0.2, -0.15) is 0 Å². The number of rotatable bonds is 9. The van der Waals surface area contributed by atoms with Crippen LogP contribution in [0.1, 0.15) is 57.2 Å². The molecule has 0 spiro atoms. The zero-order chi connectivity index (χ0) is 20.0. The smallest absolute Gasteiger partial charge is 0.330 e. The lowest BCUT2D eigenvalue weighted by Crippen LogP contribution is -2.37. The van der Waals surface area contributed by atoms with Crippen LogP contribution in [0.5, 0.6) is 0 Å². The summed E-state index contributed by atoms with van der Waals surface area (Å²) in [5.74, 6) is 5.97. The highest BCUT2D eigenvalue weighted by atomic mass is 16.5. The van der Waals surface area contributed by atoms with E-state index in [9.17, 15) is 14.7 Å². The molecule has 1 aromatic heterocycles. The van der Waals surface area contributed by atoms with E-state index >= 15 is 0 Å². The molecule has 1 aliphatic heterocycles. The maximum atomic E-state index is 12.0. The van der Waals surface area contributed by atoms with Crippen molar-refractivity contribution in [3.05, 3.63) is 44.5 Å². The van der Waals surface area contributed by atoms with Crippen LogP contribution in [-0.4, -0.2) is 38.4 Å². The standard InChI is InChI=1S/C18H31N5O4/c1-3-4-5-6-15(24)14(19)11-22(20)10-13-7-8-16(27-13)23-9-12(2)17(25)21-18(23)26/h9,11,13,15-16,24H,3-8,10,19-20H2,1-2H3,(H,21,25,26)/b14-11-. The summed E-state index contributed by atoms with van der Waals surface area (Å²) in [5.41, 5.74) is 5.82. The maximum Gasteiger partial charge on any atom is 0.330 e. The highest BCUT2D eigenvalue weighted by Gasteiger charge is 2.28. The van der Waals surface area contributed by atoms with Gasteiger partial charge < -0.3 is 20.6 Å². The summed E-state index contributed by atoms with van der Waals surface area (Å²) in [6, 6.07) is 0. The lowest BCUT2D eigenvalue weighted by atomic mass is 10.1. The van der Waals surface area contributed by atoms with E-state index in [1.54, 1.807) is 6.92 Å². The van der Waals surface area contributed by atoms with Crippen LogP contribution in [-0.2, 0) is 4.74 Å². The molecular weight excluding hydrogens is 350 g/mol. The first-order chi connectivity index (χ1) is 12.8. The molecule has 9 nitrogen and oxygen atoms in total. The number of hydrogen-bond donors (Lipinski definition) is 4. The van der Waals surface area contributed by atoms with Gasteiger partial charge >= 0.3 is 5.69 Å². The number of ether oxygens (including phenoxy) is 1. The van der Waals surface area contributed by atoms with Crippen LogP contribution in [0.15, 0.2) is 27.7 Å². The van der Waals surface area contributed by atoms with E-state index in [1.165, 1.54) is 22.0 Å². The van der Waals surface area contributed by atoms with E-state index < -0.39 is 23.6 Å². The first-order valence-electron chi connectivity index (χ1n) is 9.46. The second-order valence-corrected chi connectivity index (χ2v) is 7.11. The fraction of sp³-hybridized carbons (Fsp3) is 0.667. The van der Waals surface area contributed by atoms with Crippen molar-refractivity contribution < 1.29 is 9.84 Å². The van der Waals surface area contributed by atoms with Crippen molar-refractivity contribution >= 4 is 0 Å². The van der Waals surface area contributed by atoms with Gasteiger partial charge in [-0.15, -0.1) is 0 Å². The van der Waals surface area contributed by atoms with Gasteiger partial charge in [0, 0.05) is 18.0 Å². The number of aromatic nitrogens is 2. The molecule has 0 bridgehead atoms. The van der Waals surface area contributed by atoms with E-state index in [0.717, 1.165) is 25.7 Å². The number of unbranched alkanes of at least 4 members (excludes halogenated alkanes) is 2. The molecule has 1 fully saturated rings. The number of H-pyrrole nitrogens is 1. The molecule has 0 aliphatic carbocycles. The number of aliphatic hydroxyl groups excluding tert-OH is 1. The molecule has 9 heteroatoms. The van der Waals surface area contributed by atoms with Gasteiger partial charge in [0.2, 0.25) is 0 Å². The Morgan fingerprint density at radius 3 is 2.93 bits per heavy atom. The molecular formula is C18H31N5O4. The zero-order valence-electron chi connectivity index (χ0n) is 16.1. The number of nitrogens with two attached hydrogens (primary N) is 2. The molecule has 0 aromatic carbocycles. The molecule has 3 atom stereocenters. The second-order valence-electron chi connectivity index (χ2n) is 7.11. The van der Waals surface area contributed by atoms with Crippen LogP contribution >= 0.6 is 0 Å². The summed E-state index contributed by atoms with van der Waals surface area (Å²) in [4.78, 5) is 25.7. The predicted molar refractivity (Wildman–Crippen MR) is 103 cm³/mol. The number of hydrazine groups is 1. The quantitative estimate of drug-likeness (QED) is 0.276. The minimum atomic E-state index is -0.706. The van der Waals surface area contributed by atoms with Gasteiger partial charge in [-0.05, 0) is 26.2 Å². The van der Waals surface area contributed by atoms with Gasteiger partial charge in [0.05, 0.1) is 24.4 Å². The number of nitrogens with zero attached hydrogens (tertiary/aromatic N) is 2. The molecule has 152 valence electrons. The van der Waals surface area contributed by atoms with Crippen molar-refractivity contribution in [3.8, 4) is 0 Å². The van der Waals surface area contributed by atoms with E-state index in [1.807, 2.05) is 0 Å². The lowest BCUT2D eigenvalue weighted by Gasteiger charge is -2.22. The summed E-state index contributed by atoms with van der Waals surface area (Å²) < 4.78 is 7.30. The highest BCUT2D eigenvalue weighted by molar-refractivity contribution is 5.03. The summed E-state index contributed by atoms with van der Waals surface area (Å²) in [6.45, 7) is 4.13. The molecule has 0 amide bonds. The molecule has 1 saturated heterocycles. The van der Waals surface area contributed by atoms with Crippen molar-refractivity contribution in [2.75, 3.05) is 6.54 Å². The molecule has 1 aromatic rings. The van der Waals surface area contributed by atoms with Crippen molar-refractivity contribution in [1.29, 1.82) is 0 Å². The van der Waals surface area contributed by atoms with Crippen molar-refractivity contribution in [1.82, 2.24) is 14.6 Å². The van der Waals surface area contributed by atoms with E-state index in [-0.39, 0.29) is 6.10 Å². The van der Waals surface area contributed by atoms with Gasteiger partial charge in [-0.1, -0.05) is 26.2 Å². The third kappa shape index (κ3) is 5.95. The largest absolute Gasteiger partial charge is 0.399 e. The first kappa shape index (κ1) is 21.2. The Hall–Kier alpha value is -2.10. The molecule has 1 aliphatic rings. The minimum absolute atomic E-state index is 0.180. The Morgan fingerprint density at radius 1 is 1.48 bits per heavy atom. The van der Waals surface area contributed by atoms with Crippen molar-refractivity contribution in [2.45, 2.75) is 70.8 Å². The average molecular weight is 381 g/mol. The molecule has 0 radical (unpaired) electrons. The van der Waals surface area contributed by atoms with Gasteiger partial charge in [-0.3, -0.25) is 14.3 Å². The van der Waals surface area contributed by atoms with Gasteiger partial charge in [-0.25, -0.2) is 10.6 Å². The van der Waals surface area contributed by atoms with Gasteiger partial charge in [0.1, 0.15) is 6.23 Å². The van der Waals surface area contributed by atoms with Crippen LogP contribution in [0, 0.1) is 6.92 Å². The Kier molecular flexibility index (Phi) is 7.64. The second kappa shape index (κ2) is 9.72. The van der Waals surface area contributed by atoms with Crippen molar-refractivity contribution in [2.24, 2.45) is 11.6 Å². The molecule has 27 heavy (non-hydrogen) atoms. The Balaban J connectivity index is 1.90. The predicted octanol–water partition coefficient (Wildman–Crippen LogP) is 0.440. The zero-order valence-corrected chi connectivity index (χ0v) is 16.1. The lowest BCUT2D eigenvalue weighted by molar-refractivity contribution is -0.0110. The van der Waals surface area contributed by atoms with Crippen LogP contribution in [0.2, 0.25) is 0 Å². The summed E-state index contributed by atoms with van der Waals surface area (Å²) in [7, 11) is 0. The average Bonchev–Trinajstić information content (AvgIpc) is 3.06. The first-order valence-corrected chi connectivity index (χ1v) is 9.46. The van der Waals surface area contributed by atoms with E-state index in [2.05, 4.69) is 11.9 Å². The molecule has 2 rings (SSSR count). The number of hydrogen-bond acceptors (Lipinski definition) is 7. The Bertz CT molecular complexity index is 757. The topological polar surface area (TPSA) is 140 Å². The Morgan fingerprint density at radius 2 is 2.22 bits per heavy atom. The van der Waals surface area contributed by atoms with E-state index in [4.69, 9.17) is 16.3 Å². The minimum Gasteiger partial charge on any atom is -0.399 e. The molecule has 6 N–H and O–H groups in total. The summed E-state index contributed by atoms with van der Waals surface area (Å²) in [5, 5.41) is 11.5. The van der Waals surface area contributed by atoms with Gasteiger partial charge in [0.15, 0.2) is 0 Å². The monoisotopic (exact) mass is 381 g/mol. The third-order valence-corrected chi connectivity index (χ3v) is 4.74.